The molecule has 0 aliphatic rings. The summed E-state index contributed by atoms with van der Waals surface area (Å²) in [7, 11) is 0. The molecule has 0 aliphatic carbocycles. The Morgan fingerprint density at radius 3 is 2.58 bits per heavy atom. The molecule has 0 aromatic heterocycles. The number of aliphatic hydroxyl groups excluding tert-OH is 1. The molecule has 1 rings (SSSR count). The maximum Gasteiger partial charge on any atom is 0.0899 e. The van der Waals surface area contributed by atoms with E-state index < -0.39 is 6.10 Å². The fraction of sp³-hybridized carbons (Fsp3) is 0.273. The van der Waals surface area contributed by atoms with Gasteiger partial charge in [0.1, 0.15) is 0 Å². The van der Waals surface area contributed by atoms with Crippen LogP contribution in [0.25, 0.3) is 0 Å². The number of rotatable bonds is 2. The predicted molar refractivity (Wildman–Crippen MR) is 49.5 cm³/mol. The number of hydrogen-bond acceptors (Lipinski definition) is 1. The Morgan fingerprint density at radius 1 is 1.33 bits per heavy atom. The molecule has 0 spiro atoms. The van der Waals surface area contributed by atoms with Crippen LogP contribution in [0, 0.1) is 11.8 Å². The minimum Gasteiger partial charge on any atom is -0.387 e. The lowest BCUT2D eigenvalue weighted by Gasteiger charge is -2.05. The number of hydrogen-bond donors (Lipinski definition) is 1. The standard InChI is InChI=1S/C11H12O/c1-2-3-9-11(12)10-7-5-4-6-8-10/h4-8,11-12H,9H2,1H3/t11-/m1/s1. The Kier molecular flexibility index (Phi) is 3.37. The molecular weight excluding hydrogens is 148 g/mol. The monoisotopic (exact) mass is 160 g/mol. The first kappa shape index (κ1) is 8.83. The van der Waals surface area contributed by atoms with Gasteiger partial charge in [-0.15, -0.1) is 11.8 Å². The van der Waals surface area contributed by atoms with Crippen LogP contribution in [-0.2, 0) is 0 Å². The highest BCUT2D eigenvalue weighted by Crippen LogP contribution is 2.14. The maximum atomic E-state index is 9.55. The quantitative estimate of drug-likeness (QED) is 0.657. The van der Waals surface area contributed by atoms with Gasteiger partial charge in [0, 0.05) is 6.42 Å². The van der Waals surface area contributed by atoms with Crippen LogP contribution >= 0.6 is 0 Å². The SMILES string of the molecule is CC#CC[C@@H](O)c1ccccc1. The summed E-state index contributed by atoms with van der Waals surface area (Å²) in [4.78, 5) is 0. The van der Waals surface area contributed by atoms with E-state index in [0.717, 1.165) is 5.56 Å². The Labute approximate surface area is 73.0 Å². The van der Waals surface area contributed by atoms with E-state index in [9.17, 15) is 5.11 Å². The molecule has 0 radical (unpaired) electrons. The van der Waals surface area contributed by atoms with E-state index in [0.29, 0.717) is 6.42 Å². The van der Waals surface area contributed by atoms with Gasteiger partial charge in [0.15, 0.2) is 0 Å². The normalized spacial score (nSPS) is 11.5. The van der Waals surface area contributed by atoms with Crippen LogP contribution < -0.4 is 0 Å². The molecule has 0 saturated carbocycles. The van der Waals surface area contributed by atoms with Crippen molar-refractivity contribution in [2.75, 3.05) is 0 Å². The Hall–Kier alpha value is -1.26. The summed E-state index contributed by atoms with van der Waals surface area (Å²) in [5, 5.41) is 9.55. The minimum atomic E-state index is -0.446. The fourth-order valence-electron chi connectivity index (χ4n) is 0.992. The average Bonchev–Trinajstić information content (AvgIpc) is 2.15. The molecule has 62 valence electrons. The van der Waals surface area contributed by atoms with Crippen LogP contribution in [0.5, 0.6) is 0 Å². The highest BCUT2D eigenvalue weighted by Gasteiger charge is 2.02. The first-order valence-corrected chi connectivity index (χ1v) is 3.97. The second-order valence-corrected chi connectivity index (χ2v) is 2.56. The summed E-state index contributed by atoms with van der Waals surface area (Å²) < 4.78 is 0. The van der Waals surface area contributed by atoms with Crippen molar-refractivity contribution < 1.29 is 5.11 Å². The van der Waals surface area contributed by atoms with Crippen molar-refractivity contribution in [2.24, 2.45) is 0 Å². The van der Waals surface area contributed by atoms with Gasteiger partial charge >= 0.3 is 0 Å². The Balaban J connectivity index is 2.63. The molecule has 1 nitrogen and oxygen atoms in total. The molecular formula is C11H12O. The molecule has 1 aromatic rings. The fourth-order valence-corrected chi connectivity index (χ4v) is 0.992. The van der Waals surface area contributed by atoms with Crippen LogP contribution in [0.4, 0.5) is 0 Å². The molecule has 1 atom stereocenters. The van der Waals surface area contributed by atoms with Gasteiger partial charge in [-0.05, 0) is 12.5 Å². The summed E-state index contributed by atoms with van der Waals surface area (Å²) in [6.07, 6.45) is 0.0687. The molecule has 1 aromatic carbocycles. The van der Waals surface area contributed by atoms with Crippen LogP contribution in [-0.4, -0.2) is 5.11 Å². The van der Waals surface area contributed by atoms with Crippen LogP contribution in [0.15, 0.2) is 30.3 Å². The molecule has 0 fully saturated rings. The van der Waals surface area contributed by atoms with E-state index >= 15 is 0 Å². The van der Waals surface area contributed by atoms with E-state index in [1.54, 1.807) is 6.92 Å². The van der Waals surface area contributed by atoms with Gasteiger partial charge in [-0.2, -0.15) is 0 Å². The number of benzene rings is 1. The van der Waals surface area contributed by atoms with Crippen LogP contribution in [0.1, 0.15) is 25.0 Å². The van der Waals surface area contributed by atoms with Crippen molar-refractivity contribution in [3.05, 3.63) is 35.9 Å². The van der Waals surface area contributed by atoms with Crippen molar-refractivity contribution in [3.8, 4) is 11.8 Å². The molecule has 0 aliphatic heterocycles. The van der Waals surface area contributed by atoms with Gasteiger partial charge < -0.3 is 5.11 Å². The first-order valence-electron chi connectivity index (χ1n) is 3.97. The Bertz CT molecular complexity index is 279. The van der Waals surface area contributed by atoms with Gasteiger partial charge in [-0.25, -0.2) is 0 Å². The molecule has 1 N–H and O–H groups in total. The predicted octanol–water partition coefficient (Wildman–Crippen LogP) is 2.13. The zero-order chi connectivity index (χ0) is 8.81. The molecule has 0 saturated heterocycles. The van der Waals surface area contributed by atoms with Crippen molar-refractivity contribution >= 4 is 0 Å². The smallest absolute Gasteiger partial charge is 0.0899 e. The summed E-state index contributed by atoms with van der Waals surface area (Å²) in [6, 6.07) is 9.57. The van der Waals surface area contributed by atoms with E-state index in [2.05, 4.69) is 11.8 Å². The molecule has 0 unspecified atom stereocenters. The lowest BCUT2D eigenvalue weighted by atomic mass is 10.1. The maximum absolute atomic E-state index is 9.55. The third-order valence-electron chi connectivity index (χ3n) is 1.66. The van der Waals surface area contributed by atoms with Crippen molar-refractivity contribution in [1.82, 2.24) is 0 Å². The van der Waals surface area contributed by atoms with Gasteiger partial charge in [-0.1, -0.05) is 30.3 Å². The summed E-state index contributed by atoms with van der Waals surface area (Å²) in [6.45, 7) is 1.78. The average molecular weight is 160 g/mol. The topological polar surface area (TPSA) is 20.2 Å². The summed E-state index contributed by atoms with van der Waals surface area (Å²) in [5.74, 6) is 5.60. The molecule has 0 amide bonds. The summed E-state index contributed by atoms with van der Waals surface area (Å²) >= 11 is 0. The largest absolute Gasteiger partial charge is 0.387 e. The second-order valence-electron chi connectivity index (χ2n) is 2.56. The minimum absolute atomic E-state index is 0.446. The zero-order valence-electron chi connectivity index (χ0n) is 7.12. The molecule has 0 heterocycles. The van der Waals surface area contributed by atoms with E-state index in [1.807, 2.05) is 30.3 Å². The van der Waals surface area contributed by atoms with E-state index in [-0.39, 0.29) is 0 Å². The molecule has 1 heteroatoms. The van der Waals surface area contributed by atoms with Crippen molar-refractivity contribution in [1.29, 1.82) is 0 Å². The number of aliphatic hydroxyl groups is 1. The van der Waals surface area contributed by atoms with E-state index in [1.165, 1.54) is 0 Å². The molecule has 0 bridgehead atoms. The van der Waals surface area contributed by atoms with Crippen LogP contribution in [0.2, 0.25) is 0 Å². The van der Waals surface area contributed by atoms with Gasteiger partial charge in [0.2, 0.25) is 0 Å². The first-order chi connectivity index (χ1) is 5.84. The van der Waals surface area contributed by atoms with Crippen molar-refractivity contribution in [3.63, 3.8) is 0 Å². The Morgan fingerprint density at radius 2 is 2.00 bits per heavy atom. The highest BCUT2D eigenvalue weighted by molar-refractivity contribution is 5.18. The van der Waals surface area contributed by atoms with Crippen LogP contribution in [0.3, 0.4) is 0 Å². The van der Waals surface area contributed by atoms with Gasteiger partial charge in [0.25, 0.3) is 0 Å². The zero-order valence-corrected chi connectivity index (χ0v) is 7.12. The van der Waals surface area contributed by atoms with Crippen molar-refractivity contribution in [2.45, 2.75) is 19.4 Å². The lowest BCUT2D eigenvalue weighted by Crippen LogP contribution is -1.94. The van der Waals surface area contributed by atoms with Gasteiger partial charge in [-0.3, -0.25) is 0 Å². The molecule has 12 heavy (non-hydrogen) atoms. The lowest BCUT2D eigenvalue weighted by molar-refractivity contribution is 0.184. The third kappa shape index (κ3) is 2.41. The second kappa shape index (κ2) is 4.58. The third-order valence-corrected chi connectivity index (χ3v) is 1.66. The highest BCUT2D eigenvalue weighted by atomic mass is 16.3. The van der Waals surface area contributed by atoms with Gasteiger partial charge in [0.05, 0.1) is 6.10 Å². The van der Waals surface area contributed by atoms with E-state index in [4.69, 9.17) is 0 Å². The summed E-state index contributed by atoms with van der Waals surface area (Å²) in [5.41, 5.74) is 0.931.